The number of benzene rings is 4. The number of H-pyrrole nitrogens is 2. The summed E-state index contributed by atoms with van der Waals surface area (Å²) in [4.78, 5) is 35.9. The lowest BCUT2D eigenvalue weighted by atomic mass is 10.1. The van der Waals surface area contributed by atoms with Gasteiger partial charge in [0.2, 0.25) is 0 Å². The van der Waals surface area contributed by atoms with Gasteiger partial charge in [-0.25, -0.2) is 9.59 Å². The van der Waals surface area contributed by atoms with Crippen LogP contribution < -0.4 is 21.1 Å². The van der Waals surface area contributed by atoms with Crippen molar-refractivity contribution in [2.24, 2.45) is 0 Å². The minimum Gasteiger partial charge on any atom is -0.422 e. The molecule has 2 N–H and O–H groups in total. The molecule has 0 saturated heterocycles. The number of nitrogens with one attached hydrogen (secondary N) is 2. The third-order valence-corrected chi connectivity index (χ3v) is 8.94. The Kier molecular flexibility index (Phi) is 7.64. The van der Waals surface area contributed by atoms with Crippen LogP contribution in [0.5, 0.6) is 0 Å². The van der Waals surface area contributed by atoms with Gasteiger partial charge in [-0.2, -0.15) is 0 Å². The van der Waals surface area contributed by atoms with Crippen LogP contribution in [0, 0.1) is 13.8 Å². The smallest absolute Gasteiger partial charge is 0.346 e. The van der Waals surface area contributed by atoms with E-state index in [2.05, 4.69) is 9.97 Å². The molecule has 4 heterocycles. The third kappa shape index (κ3) is 5.21. The van der Waals surface area contributed by atoms with E-state index in [1.165, 1.54) is 0 Å². The van der Waals surface area contributed by atoms with E-state index in [0.29, 0.717) is 21.9 Å². The molecular weight excluding hydrogens is 600 g/mol. The van der Waals surface area contributed by atoms with Gasteiger partial charge >= 0.3 is 11.3 Å². The van der Waals surface area contributed by atoms with Crippen molar-refractivity contribution in [2.45, 2.75) is 13.8 Å². The van der Waals surface area contributed by atoms with Crippen LogP contribution in [0.1, 0.15) is 11.1 Å². The van der Waals surface area contributed by atoms with Gasteiger partial charge in [-0.05, 0) is 60.4 Å². The number of aromatic nitrogens is 2. The van der Waals surface area contributed by atoms with Crippen molar-refractivity contribution in [2.75, 3.05) is 38.0 Å². The van der Waals surface area contributed by atoms with E-state index in [9.17, 15) is 9.59 Å². The zero-order valence-corrected chi connectivity index (χ0v) is 27.8. The first-order valence-corrected chi connectivity index (χ1v) is 15.8. The Bertz CT molecular complexity index is 2390. The van der Waals surface area contributed by atoms with Crippen LogP contribution in [0.4, 0.5) is 11.4 Å². The maximum absolute atomic E-state index is 12.5. The summed E-state index contributed by atoms with van der Waals surface area (Å²) < 4.78 is 11.2. The van der Waals surface area contributed by atoms with E-state index in [0.717, 1.165) is 66.8 Å². The molecule has 0 fully saturated rings. The number of hydrogen-bond acceptors (Lipinski definition) is 6. The van der Waals surface area contributed by atoms with Gasteiger partial charge in [-0.3, -0.25) is 0 Å². The highest BCUT2D eigenvalue weighted by Gasteiger charge is 2.18. The van der Waals surface area contributed by atoms with Crippen LogP contribution in [0.25, 0.3) is 66.3 Å². The van der Waals surface area contributed by atoms with Gasteiger partial charge in [0.15, 0.2) is 0 Å². The Hall–Kier alpha value is -6.02. The maximum atomic E-state index is 12.5. The van der Waals surface area contributed by atoms with Crippen LogP contribution in [0.3, 0.4) is 0 Å². The molecule has 8 nitrogen and oxygen atoms in total. The summed E-state index contributed by atoms with van der Waals surface area (Å²) in [6.07, 6.45) is 0. The fourth-order valence-electron chi connectivity index (χ4n) is 6.35. The minimum absolute atomic E-state index is 0.302. The Morgan fingerprint density at radius 1 is 0.521 bits per heavy atom. The lowest BCUT2D eigenvalue weighted by Crippen LogP contribution is -2.08. The molecule has 4 aromatic heterocycles. The number of nitrogens with zero attached hydrogens (tertiary/aromatic N) is 2. The predicted octanol–water partition coefficient (Wildman–Crippen LogP) is 8.63. The zero-order valence-electron chi connectivity index (χ0n) is 27.8. The van der Waals surface area contributed by atoms with Crippen LogP contribution >= 0.6 is 0 Å². The molecule has 240 valence electrons. The van der Waals surface area contributed by atoms with Crippen molar-refractivity contribution in [3.8, 4) is 22.5 Å². The quantitative estimate of drug-likeness (QED) is 0.188. The average Bonchev–Trinajstić information content (AvgIpc) is 3.63. The van der Waals surface area contributed by atoms with Gasteiger partial charge in [0.25, 0.3) is 0 Å². The molecule has 0 radical (unpaired) electrons. The van der Waals surface area contributed by atoms with E-state index >= 15 is 0 Å². The summed E-state index contributed by atoms with van der Waals surface area (Å²) in [6, 6.07) is 31.9. The molecule has 0 unspecified atom stereocenters. The molecule has 8 heteroatoms. The monoisotopic (exact) mass is 636 g/mol. The summed E-state index contributed by atoms with van der Waals surface area (Å²) in [5, 5.41) is 3.08. The zero-order chi connectivity index (χ0) is 33.7. The van der Waals surface area contributed by atoms with Gasteiger partial charge in [-0.15, -0.1) is 0 Å². The molecule has 0 amide bonds. The minimum atomic E-state index is -0.302. The molecule has 8 aromatic rings. The molecule has 8 rings (SSSR count). The Morgan fingerprint density at radius 3 is 1.25 bits per heavy atom. The SMILES string of the molecule is Cc1c(-c2ccccc2)[nH]c2c1c(=O)oc1cc(N(C)C)ccc12.Cc1c(-c2ccccc2)[nH]c2c1c(=O)oc1cc(N(C)C)ccc12. The van der Waals surface area contributed by atoms with Crippen molar-refractivity contribution in [1.29, 1.82) is 0 Å². The first kappa shape index (κ1) is 30.6. The standard InChI is InChI=1S/2C20H18N2O2/c2*1-12-17-19(21-18(12)13-7-5-4-6-8-13)15-10-9-14(22(2)3)11-16(15)24-20(17)23/h2*4-11,21H,1-3H3. The van der Waals surface area contributed by atoms with Gasteiger partial charge in [-0.1, -0.05) is 60.7 Å². The molecule has 0 bridgehead atoms. The highest BCUT2D eigenvalue weighted by molar-refractivity contribution is 6.07. The second-order valence-corrected chi connectivity index (χ2v) is 12.4. The lowest BCUT2D eigenvalue weighted by Gasteiger charge is -2.12. The van der Waals surface area contributed by atoms with E-state index < -0.39 is 0 Å². The fraction of sp³-hybridized carbons (Fsp3) is 0.150. The number of rotatable bonds is 4. The largest absolute Gasteiger partial charge is 0.422 e. The number of aromatic amines is 2. The molecule has 0 aliphatic rings. The maximum Gasteiger partial charge on any atom is 0.346 e. The van der Waals surface area contributed by atoms with E-state index in [1.54, 1.807) is 0 Å². The molecule has 0 atom stereocenters. The summed E-state index contributed by atoms with van der Waals surface area (Å²) in [5.74, 6) is 0. The summed E-state index contributed by atoms with van der Waals surface area (Å²) in [5.41, 5.74) is 10.1. The first-order chi connectivity index (χ1) is 23.1. The molecule has 0 saturated carbocycles. The van der Waals surface area contributed by atoms with Gasteiger partial charge < -0.3 is 28.6 Å². The molecule has 0 aliphatic heterocycles. The second kappa shape index (κ2) is 12.0. The topological polar surface area (TPSA) is 98.5 Å². The molecule has 48 heavy (non-hydrogen) atoms. The van der Waals surface area contributed by atoms with E-state index in [1.807, 2.05) is 149 Å². The Morgan fingerprint density at radius 2 is 0.896 bits per heavy atom. The van der Waals surface area contributed by atoms with Crippen molar-refractivity contribution in [3.63, 3.8) is 0 Å². The number of aryl methyl sites for hydroxylation is 2. The average molecular weight is 637 g/mol. The van der Waals surface area contributed by atoms with Crippen LogP contribution in [0.2, 0.25) is 0 Å². The van der Waals surface area contributed by atoms with Crippen molar-refractivity contribution >= 4 is 55.1 Å². The van der Waals surface area contributed by atoms with E-state index in [-0.39, 0.29) is 11.3 Å². The Labute approximate surface area is 276 Å². The number of anilines is 2. The molecule has 4 aromatic carbocycles. The third-order valence-electron chi connectivity index (χ3n) is 8.94. The van der Waals surface area contributed by atoms with Crippen LogP contribution in [0.15, 0.2) is 115 Å². The van der Waals surface area contributed by atoms with Crippen LogP contribution in [-0.2, 0) is 0 Å². The lowest BCUT2D eigenvalue weighted by molar-refractivity contribution is 0.569. The normalized spacial score (nSPS) is 11.3. The molecule has 0 spiro atoms. The molecule has 0 aliphatic carbocycles. The predicted molar refractivity (Wildman–Crippen MR) is 198 cm³/mol. The van der Waals surface area contributed by atoms with Crippen molar-refractivity contribution in [3.05, 3.63) is 129 Å². The molecular formula is C40H36N4O4. The summed E-state index contributed by atoms with van der Waals surface area (Å²) >= 11 is 0. The van der Waals surface area contributed by atoms with Gasteiger partial charge in [0.05, 0.1) is 21.8 Å². The number of fused-ring (bicyclic) bond motifs is 6. The van der Waals surface area contributed by atoms with Crippen molar-refractivity contribution in [1.82, 2.24) is 9.97 Å². The number of hydrogen-bond donors (Lipinski definition) is 2. The second-order valence-electron chi connectivity index (χ2n) is 12.4. The summed E-state index contributed by atoms with van der Waals surface area (Å²) in [7, 11) is 7.85. The van der Waals surface area contributed by atoms with Crippen LogP contribution in [-0.4, -0.2) is 38.2 Å². The van der Waals surface area contributed by atoms with E-state index in [4.69, 9.17) is 8.83 Å². The Balaban J connectivity index is 0.000000152. The van der Waals surface area contributed by atoms with Gasteiger partial charge in [0, 0.05) is 73.9 Å². The highest BCUT2D eigenvalue weighted by atomic mass is 16.4. The van der Waals surface area contributed by atoms with Crippen molar-refractivity contribution < 1.29 is 8.83 Å². The fourth-order valence-corrected chi connectivity index (χ4v) is 6.35. The first-order valence-electron chi connectivity index (χ1n) is 15.8. The highest BCUT2D eigenvalue weighted by Crippen LogP contribution is 2.34. The summed E-state index contributed by atoms with van der Waals surface area (Å²) in [6.45, 7) is 3.91. The van der Waals surface area contributed by atoms with Gasteiger partial charge in [0.1, 0.15) is 11.2 Å².